The second kappa shape index (κ2) is 4.70. The molecule has 0 aromatic rings. The molecule has 1 unspecified atom stereocenters. The van der Waals surface area contributed by atoms with E-state index in [1.807, 2.05) is 0 Å². The zero-order valence-corrected chi connectivity index (χ0v) is 8.48. The van der Waals surface area contributed by atoms with Gasteiger partial charge in [-0.3, -0.25) is 0 Å². The van der Waals surface area contributed by atoms with Gasteiger partial charge in [-0.25, -0.2) is 4.99 Å². The molecule has 0 aromatic carbocycles. The molecule has 1 N–H and O–H groups in total. The molecule has 11 heavy (non-hydrogen) atoms. The molecular weight excluding hydrogens is 229 g/mol. The van der Waals surface area contributed by atoms with E-state index < -0.39 is 6.10 Å². The lowest BCUT2D eigenvalue weighted by atomic mass is 10.2. The second-order valence-corrected chi connectivity index (χ2v) is 3.35. The van der Waals surface area contributed by atoms with Crippen molar-refractivity contribution in [1.82, 2.24) is 0 Å². The van der Waals surface area contributed by atoms with Gasteiger partial charge in [0, 0.05) is 4.48 Å². The van der Waals surface area contributed by atoms with Crippen LogP contribution in [0.3, 0.4) is 0 Å². The molecule has 4 heteroatoms. The topological polar surface area (TPSA) is 32.6 Å². The number of halogens is 2. The van der Waals surface area contributed by atoms with Gasteiger partial charge in [-0.05, 0) is 22.9 Å². The lowest BCUT2D eigenvalue weighted by Crippen LogP contribution is -2.15. The van der Waals surface area contributed by atoms with E-state index in [0.29, 0.717) is 10.2 Å². The molecule has 0 aromatic heterocycles. The molecule has 0 radical (unpaired) electrons. The summed E-state index contributed by atoms with van der Waals surface area (Å²) in [5.41, 5.74) is 0.394. The van der Waals surface area contributed by atoms with Crippen LogP contribution in [0, 0.1) is 0 Å². The number of hydrogen-bond donors (Lipinski definition) is 1. The molecule has 0 saturated carbocycles. The lowest BCUT2D eigenvalue weighted by Gasteiger charge is -2.06. The molecule has 0 spiro atoms. The molecule has 0 aliphatic rings. The van der Waals surface area contributed by atoms with Crippen LogP contribution in [0.25, 0.3) is 0 Å². The molecule has 2 nitrogen and oxygen atoms in total. The first-order chi connectivity index (χ1) is 4.95. The fourth-order valence-corrected chi connectivity index (χ4v) is 1.02. The number of aliphatic hydroxyl groups excluding tert-OH is 1. The minimum absolute atomic E-state index is 0.126. The third kappa shape index (κ3) is 4.35. The maximum Gasteiger partial charge on any atom is 0.122 e. The average Bonchev–Trinajstić information content (AvgIpc) is 1.81. The highest BCUT2D eigenvalue weighted by atomic mass is 79.9. The first kappa shape index (κ1) is 10.9. The van der Waals surface area contributed by atoms with Crippen LogP contribution in [0.4, 0.5) is 0 Å². The van der Waals surface area contributed by atoms with Crippen molar-refractivity contribution in [3.05, 3.63) is 22.8 Å². The number of hydrogen-bond acceptors (Lipinski definition) is 2. The maximum absolute atomic E-state index is 9.11. The van der Waals surface area contributed by atoms with Crippen molar-refractivity contribution in [2.75, 3.05) is 0 Å². The monoisotopic (exact) mass is 237 g/mol. The number of aliphatic hydroxyl groups is 1. The molecule has 0 rings (SSSR count). The normalized spacial score (nSPS) is 14.4. The average molecular weight is 239 g/mol. The largest absolute Gasteiger partial charge is 0.387 e. The van der Waals surface area contributed by atoms with Gasteiger partial charge >= 0.3 is 0 Å². The van der Waals surface area contributed by atoms with Crippen LogP contribution < -0.4 is 0 Å². The first-order valence-electron chi connectivity index (χ1n) is 2.91. The van der Waals surface area contributed by atoms with Gasteiger partial charge in [0.15, 0.2) is 0 Å². The van der Waals surface area contributed by atoms with E-state index in [4.69, 9.17) is 16.7 Å². The molecule has 0 fully saturated rings. The van der Waals surface area contributed by atoms with E-state index >= 15 is 0 Å². The van der Waals surface area contributed by atoms with E-state index in [2.05, 4.69) is 34.1 Å². The Hall–Kier alpha value is -0.120. The summed E-state index contributed by atoms with van der Waals surface area (Å²) >= 11 is 8.49. The van der Waals surface area contributed by atoms with E-state index in [9.17, 15) is 0 Å². The minimum atomic E-state index is -0.697. The standard InChI is InChI=1S/C7H9BrClNO/c1-4(8)7(5(2)11)10-6(3)9/h5,11H,1,3H2,2H3/b10-7+. The molecule has 62 valence electrons. The molecule has 0 amide bonds. The summed E-state index contributed by atoms with van der Waals surface area (Å²) in [5, 5.41) is 9.24. The summed E-state index contributed by atoms with van der Waals surface area (Å²) in [6.45, 7) is 8.50. The van der Waals surface area contributed by atoms with Crippen LogP contribution in [-0.4, -0.2) is 16.9 Å². The van der Waals surface area contributed by atoms with Gasteiger partial charge in [0.25, 0.3) is 0 Å². The summed E-state index contributed by atoms with van der Waals surface area (Å²) in [4.78, 5) is 3.77. The van der Waals surface area contributed by atoms with Gasteiger partial charge in [0.2, 0.25) is 0 Å². The third-order valence-electron chi connectivity index (χ3n) is 0.915. The minimum Gasteiger partial charge on any atom is -0.387 e. The van der Waals surface area contributed by atoms with Gasteiger partial charge < -0.3 is 5.11 Å². The third-order valence-corrected chi connectivity index (χ3v) is 1.41. The molecule has 0 bridgehead atoms. The van der Waals surface area contributed by atoms with Gasteiger partial charge in [-0.2, -0.15) is 0 Å². The van der Waals surface area contributed by atoms with Crippen LogP contribution in [0.2, 0.25) is 0 Å². The Balaban J connectivity index is 4.60. The Morgan fingerprint density at radius 2 is 2.09 bits per heavy atom. The Labute approximate surface area is 79.4 Å². The Kier molecular flexibility index (Phi) is 4.65. The quantitative estimate of drug-likeness (QED) is 0.594. The zero-order valence-electron chi connectivity index (χ0n) is 6.14. The summed E-state index contributed by atoms with van der Waals surface area (Å²) < 4.78 is 0.509. The van der Waals surface area contributed by atoms with Crippen molar-refractivity contribution in [2.45, 2.75) is 13.0 Å². The number of aliphatic imine (C=N–C) groups is 1. The van der Waals surface area contributed by atoms with E-state index in [0.717, 1.165) is 0 Å². The van der Waals surface area contributed by atoms with Crippen molar-refractivity contribution in [1.29, 1.82) is 0 Å². The highest BCUT2D eigenvalue weighted by Crippen LogP contribution is 2.11. The zero-order chi connectivity index (χ0) is 9.02. The summed E-state index contributed by atoms with van der Waals surface area (Å²) in [6.07, 6.45) is -0.697. The van der Waals surface area contributed by atoms with Gasteiger partial charge in [-0.1, -0.05) is 24.8 Å². The Bertz CT molecular complexity index is 210. The van der Waals surface area contributed by atoms with E-state index in [-0.39, 0.29) is 5.16 Å². The van der Waals surface area contributed by atoms with Crippen molar-refractivity contribution in [3.8, 4) is 0 Å². The predicted molar refractivity (Wildman–Crippen MR) is 52.2 cm³/mol. The fourth-order valence-electron chi connectivity index (χ4n) is 0.511. The van der Waals surface area contributed by atoms with Gasteiger partial charge in [0.05, 0.1) is 11.8 Å². The summed E-state index contributed by atoms with van der Waals surface area (Å²) in [7, 11) is 0. The van der Waals surface area contributed by atoms with E-state index in [1.54, 1.807) is 6.92 Å². The highest BCUT2D eigenvalue weighted by molar-refractivity contribution is 9.12. The van der Waals surface area contributed by atoms with Crippen LogP contribution in [-0.2, 0) is 0 Å². The van der Waals surface area contributed by atoms with Crippen molar-refractivity contribution in [2.24, 2.45) is 4.99 Å². The Morgan fingerprint density at radius 3 is 2.18 bits per heavy atom. The fraction of sp³-hybridized carbons (Fsp3) is 0.286. The van der Waals surface area contributed by atoms with Gasteiger partial charge in [0.1, 0.15) is 5.16 Å². The van der Waals surface area contributed by atoms with Crippen molar-refractivity contribution >= 4 is 33.2 Å². The summed E-state index contributed by atoms with van der Waals surface area (Å²) in [6, 6.07) is 0. The lowest BCUT2D eigenvalue weighted by molar-refractivity contribution is 0.263. The van der Waals surface area contributed by atoms with Crippen LogP contribution in [0.5, 0.6) is 0 Å². The SMILES string of the molecule is C=C(Cl)/N=C(\C(=C)Br)C(C)O. The highest BCUT2D eigenvalue weighted by Gasteiger charge is 2.08. The van der Waals surface area contributed by atoms with Crippen molar-refractivity contribution < 1.29 is 5.11 Å². The summed E-state index contributed by atoms with van der Waals surface area (Å²) in [5.74, 6) is 0. The number of rotatable bonds is 3. The molecule has 0 aliphatic heterocycles. The van der Waals surface area contributed by atoms with Gasteiger partial charge in [-0.15, -0.1) is 0 Å². The van der Waals surface area contributed by atoms with Crippen LogP contribution in [0.1, 0.15) is 6.92 Å². The molecule has 0 aliphatic carbocycles. The van der Waals surface area contributed by atoms with E-state index in [1.165, 1.54) is 0 Å². The smallest absolute Gasteiger partial charge is 0.122 e. The molecule has 0 heterocycles. The number of nitrogens with zero attached hydrogens (tertiary/aromatic N) is 1. The molecule has 0 saturated heterocycles. The molecular formula is C7H9BrClNO. The van der Waals surface area contributed by atoms with Crippen LogP contribution >= 0.6 is 27.5 Å². The first-order valence-corrected chi connectivity index (χ1v) is 4.08. The van der Waals surface area contributed by atoms with Crippen molar-refractivity contribution in [3.63, 3.8) is 0 Å². The molecule has 1 atom stereocenters. The Morgan fingerprint density at radius 1 is 1.64 bits per heavy atom. The maximum atomic E-state index is 9.11. The second-order valence-electron chi connectivity index (χ2n) is 1.95. The van der Waals surface area contributed by atoms with Crippen LogP contribution in [0.15, 0.2) is 27.8 Å². The predicted octanol–water partition coefficient (Wildman–Crippen LogP) is 2.43.